The predicted octanol–water partition coefficient (Wildman–Crippen LogP) is 20.7. The van der Waals surface area contributed by atoms with Crippen molar-refractivity contribution in [3.8, 4) is 0 Å². The van der Waals surface area contributed by atoms with Gasteiger partial charge in [0.15, 0.2) is 0 Å². The van der Waals surface area contributed by atoms with E-state index >= 15 is 0 Å². The van der Waals surface area contributed by atoms with Gasteiger partial charge in [-0.3, -0.25) is 38.4 Å². The third kappa shape index (κ3) is 50.4. The van der Waals surface area contributed by atoms with Crippen molar-refractivity contribution in [3.05, 3.63) is 140 Å². The smallest absolute Gasteiger partial charge is 0.309 e. The Morgan fingerprint density at radius 3 is 0.721 bits per heavy atom. The largest absolute Gasteiger partial charge is 0.462 e. The van der Waals surface area contributed by atoms with Crippen LogP contribution in [0.15, 0.2) is 140 Å². The molecule has 0 saturated carbocycles. The highest BCUT2D eigenvalue weighted by Crippen LogP contribution is 2.32. The van der Waals surface area contributed by atoms with Crippen LogP contribution >= 0.6 is 0 Å². The van der Waals surface area contributed by atoms with Crippen molar-refractivity contribution < 1.29 is 76.3 Å². The molecule has 0 amide bonds. The summed E-state index contributed by atoms with van der Waals surface area (Å²) in [6, 6.07) is 0. The second kappa shape index (κ2) is 63.4. The zero-order chi connectivity index (χ0) is 88.5. The van der Waals surface area contributed by atoms with E-state index in [0.717, 1.165) is 206 Å². The zero-order valence-corrected chi connectivity index (χ0v) is 77.7. The molecule has 684 valence electrons. The van der Waals surface area contributed by atoms with E-state index < -0.39 is 23.9 Å². The predicted molar refractivity (Wildman–Crippen MR) is 489 cm³/mol. The summed E-state index contributed by atoms with van der Waals surface area (Å²) in [6.45, 7) is 33.2. The summed E-state index contributed by atoms with van der Waals surface area (Å²) in [6.07, 6.45) is 54.7. The number of allylic oxidation sites excluding steroid dienone is 24. The Kier molecular flexibility index (Phi) is 54.6. The molecule has 1 heterocycles. The molecule has 122 heavy (non-hydrogen) atoms. The van der Waals surface area contributed by atoms with Crippen molar-refractivity contribution in [2.24, 2.45) is 23.7 Å². The van der Waals surface area contributed by atoms with Crippen LogP contribution in [0.4, 0.5) is 0 Å². The molecule has 1 aliphatic heterocycles. The second-order valence-corrected chi connectivity index (χ2v) is 35.6. The van der Waals surface area contributed by atoms with Gasteiger partial charge in [0.1, 0.15) is 52.9 Å². The molecule has 0 spiro atoms. The molecule has 0 aromatic heterocycles. The van der Waals surface area contributed by atoms with Crippen LogP contribution in [0.2, 0.25) is 0 Å². The minimum atomic E-state index is -0.420. The molecular formula is C102H160N4O16. The van der Waals surface area contributed by atoms with E-state index in [1.54, 1.807) is 0 Å². The van der Waals surface area contributed by atoms with Gasteiger partial charge >= 0.3 is 47.8 Å². The topological polar surface area (TPSA) is 223 Å². The van der Waals surface area contributed by atoms with Gasteiger partial charge in [0.05, 0.1) is 49.4 Å². The number of esters is 8. The van der Waals surface area contributed by atoms with E-state index in [2.05, 4.69) is 176 Å². The maximum Gasteiger partial charge on any atom is 0.309 e. The molecule has 0 aromatic carbocycles. The molecule has 4 atom stereocenters. The van der Waals surface area contributed by atoms with Gasteiger partial charge < -0.3 is 57.5 Å². The van der Waals surface area contributed by atoms with E-state index in [4.69, 9.17) is 37.9 Å². The van der Waals surface area contributed by atoms with Crippen LogP contribution in [0.1, 0.15) is 301 Å². The Hall–Kier alpha value is -7.52. The van der Waals surface area contributed by atoms with E-state index in [1.807, 2.05) is 0 Å². The lowest BCUT2D eigenvalue weighted by Crippen LogP contribution is -2.47. The van der Waals surface area contributed by atoms with E-state index in [9.17, 15) is 38.4 Å². The summed E-state index contributed by atoms with van der Waals surface area (Å²) in [7, 11) is 0. The number of rotatable bonds is 60. The lowest BCUT2D eigenvalue weighted by molar-refractivity contribution is -0.155. The maximum absolute atomic E-state index is 13.2. The fourth-order valence-electron chi connectivity index (χ4n) is 16.0. The van der Waals surface area contributed by atoms with Gasteiger partial charge in [-0.15, -0.1) is 0 Å². The van der Waals surface area contributed by atoms with Crippen LogP contribution < -0.4 is 0 Å². The first-order valence-electron chi connectivity index (χ1n) is 46.8. The third-order valence-corrected chi connectivity index (χ3v) is 23.8. The molecule has 1 fully saturated rings. The van der Waals surface area contributed by atoms with Crippen molar-refractivity contribution in [1.82, 2.24) is 19.6 Å². The summed E-state index contributed by atoms with van der Waals surface area (Å²) >= 11 is 0. The lowest BCUT2D eigenvalue weighted by Gasteiger charge is -2.35. The maximum atomic E-state index is 13.2. The van der Waals surface area contributed by atoms with Crippen molar-refractivity contribution in [2.75, 3.05) is 131 Å². The number of hydrogen-bond donors (Lipinski definition) is 0. The van der Waals surface area contributed by atoms with Gasteiger partial charge in [0.2, 0.25) is 0 Å². The van der Waals surface area contributed by atoms with E-state index in [-0.39, 0.29) is 126 Å². The molecule has 4 unspecified atom stereocenters. The Balaban J connectivity index is 1.07. The lowest BCUT2D eigenvalue weighted by atomic mass is 9.87. The molecule has 20 nitrogen and oxygen atoms in total. The first-order chi connectivity index (χ1) is 58.7. The van der Waals surface area contributed by atoms with Crippen molar-refractivity contribution >= 4 is 47.8 Å². The standard InChI is InChI=1S/C102H160N4O16/c1-79(2)23-13-27-83(9)31-17-35-87-39-47-91(48-40-87)99(111)119-75-71-115-95(107)55-63-103(64-56-96(108)116-72-76-120-100(112)92-49-41-88(42-50-92)36-18-32-84(10)28-14-24-80(3)4)59-21-61-105-67-69-106(70-68-105)62-22-60-104(65-57-97(109)117-73-77-121-101(113)93-51-43-89(44-52-93)37-19-33-85(11)29-15-25-81(5)6)66-58-98(110)118-74-78-122-102(114)94-53-45-90(46-54-94)38-20-34-86(12)30-16-26-82(7)8/h23-26,31-34,39,41,43,45,91-94H,13-22,27-30,35-38,40,42,44,46-78H2,1-12H3/b83-31+,84-32+,85-33+,86-34+. The van der Waals surface area contributed by atoms with Gasteiger partial charge in [-0.2, -0.15) is 0 Å². The van der Waals surface area contributed by atoms with E-state index in [1.165, 1.54) is 66.9 Å². The zero-order valence-electron chi connectivity index (χ0n) is 77.7. The Bertz CT molecular complexity index is 3130. The molecule has 20 heteroatoms. The minimum Gasteiger partial charge on any atom is -0.462 e. The molecule has 1 saturated heterocycles. The van der Waals surface area contributed by atoms with Crippen LogP contribution in [-0.4, -0.2) is 199 Å². The molecule has 0 N–H and O–H groups in total. The molecule has 0 aromatic rings. The van der Waals surface area contributed by atoms with Gasteiger partial charge in [-0.05, 0) is 302 Å². The highest BCUT2D eigenvalue weighted by molar-refractivity contribution is 5.75. The van der Waals surface area contributed by atoms with Crippen molar-refractivity contribution in [1.29, 1.82) is 0 Å². The summed E-state index contributed by atoms with van der Waals surface area (Å²) in [5.41, 5.74) is 16.5. The van der Waals surface area contributed by atoms with Gasteiger partial charge in [0.25, 0.3) is 0 Å². The molecule has 0 bridgehead atoms. The fourth-order valence-corrected chi connectivity index (χ4v) is 16.0. The van der Waals surface area contributed by atoms with Gasteiger partial charge in [-0.1, -0.05) is 140 Å². The van der Waals surface area contributed by atoms with Crippen LogP contribution in [0.25, 0.3) is 0 Å². The highest BCUT2D eigenvalue weighted by Gasteiger charge is 2.28. The SMILES string of the molecule is CC(C)=CCC/C(C)=C/CCC1=CCC(C(=O)OCCOC(=O)CCN(CCCN2CCN(CCCN(CCC(=O)OCCOC(=O)C3CC=C(CC/C=C(\C)CCC=C(C)C)CC3)CCC(=O)OCCOC(=O)C3CC=C(CC/C=C(\C)CCC=C(C)C)CC3)CC2)CCC(=O)OCCOC(=O)C2CC=C(CC/C=C(\C)CCC=C(C)C)CC2)CC1. The monoisotopic (exact) mass is 1700 g/mol. The minimum absolute atomic E-state index is 0.0183. The second-order valence-electron chi connectivity index (χ2n) is 35.6. The number of carbonyl (C=O) groups excluding carboxylic acids is 8. The van der Waals surface area contributed by atoms with Crippen molar-refractivity contribution in [2.45, 2.75) is 301 Å². The molecule has 5 rings (SSSR count). The number of carbonyl (C=O) groups is 8. The number of hydrogen-bond acceptors (Lipinski definition) is 20. The number of nitrogens with zero attached hydrogens (tertiary/aromatic N) is 4. The Morgan fingerprint density at radius 1 is 0.295 bits per heavy atom. The van der Waals surface area contributed by atoms with Crippen LogP contribution in [0.3, 0.4) is 0 Å². The molecule has 0 radical (unpaired) electrons. The summed E-state index contributed by atoms with van der Waals surface area (Å²) in [4.78, 5) is 114. The highest BCUT2D eigenvalue weighted by atomic mass is 16.6. The third-order valence-electron chi connectivity index (χ3n) is 23.8. The summed E-state index contributed by atoms with van der Waals surface area (Å²) in [5.74, 6) is -3.58. The van der Waals surface area contributed by atoms with Crippen LogP contribution in [0.5, 0.6) is 0 Å². The molecule has 4 aliphatic carbocycles. The van der Waals surface area contributed by atoms with E-state index in [0.29, 0.717) is 65.0 Å². The normalized spacial score (nSPS) is 18.1. The fraction of sp³-hybridized carbons (Fsp3) is 0.686. The number of piperazine rings is 1. The van der Waals surface area contributed by atoms with Crippen molar-refractivity contribution in [3.63, 3.8) is 0 Å². The van der Waals surface area contributed by atoms with Gasteiger partial charge in [-0.25, -0.2) is 0 Å². The molecular weight excluding hydrogens is 1540 g/mol. The summed E-state index contributed by atoms with van der Waals surface area (Å²) in [5, 5.41) is 0. The first kappa shape index (κ1) is 105. The average Bonchev–Trinajstić information content (AvgIpc) is 0.887. The molecule has 5 aliphatic rings. The quantitative estimate of drug-likeness (QED) is 0.0239. The Morgan fingerprint density at radius 2 is 0.516 bits per heavy atom. The summed E-state index contributed by atoms with van der Waals surface area (Å²) < 4.78 is 44.7. The number of ether oxygens (including phenoxy) is 8. The Labute approximate surface area is 736 Å². The first-order valence-corrected chi connectivity index (χ1v) is 46.8. The van der Waals surface area contributed by atoms with Crippen LogP contribution in [-0.2, 0) is 76.3 Å². The van der Waals surface area contributed by atoms with Gasteiger partial charge in [0, 0.05) is 52.4 Å². The average molecular weight is 1700 g/mol. The van der Waals surface area contributed by atoms with Crippen LogP contribution in [0, 0.1) is 23.7 Å².